The summed E-state index contributed by atoms with van der Waals surface area (Å²) in [5, 5.41) is 1.35. The van der Waals surface area contributed by atoms with Gasteiger partial charge in [-0.2, -0.15) is 11.8 Å². The molecule has 1 aromatic carbocycles. The average molecular weight is 386 g/mol. The van der Waals surface area contributed by atoms with E-state index in [1.807, 2.05) is 23.9 Å². The van der Waals surface area contributed by atoms with Crippen molar-refractivity contribution < 1.29 is 9.47 Å². The van der Waals surface area contributed by atoms with Crippen molar-refractivity contribution in [3.05, 3.63) is 34.9 Å². The first-order valence-corrected chi connectivity index (χ1v) is 10.8. The molecule has 1 aliphatic heterocycles. The van der Waals surface area contributed by atoms with Crippen molar-refractivity contribution in [2.24, 2.45) is 0 Å². The molecule has 25 heavy (non-hydrogen) atoms. The average Bonchev–Trinajstić information content (AvgIpc) is 2.63. The monoisotopic (exact) mass is 385 g/mol. The van der Waals surface area contributed by atoms with Gasteiger partial charge in [-0.25, -0.2) is 0 Å². The Labute approximate surface area is 162 Å². The fourth-order valence-corrected chi connectivity index (χ4v) is 4.54. The van der Waals surface area contributed by atoms with E-state index in [0.717, 1.165) is 17.3 Å². The molecule has 1 aliphatic rings. The van der Waals surface area contributed by atoms with Crippen molar-refractivity contribution in [2.45, 2.75) is 49.7 Å². The van der Waals surface area contributed by atoms with E-state index in [-0.39, 0.29) is 0 Å². The number of hydrogen-bond acceptors (Lipinski definition) is 4. The lowest BCUT2D eigenvalue weighted by atomic mass is 10.1. The van der Waals surface area contributed by atoms with E-state index >= 15 is 0 Å². The summed E-state index contributed by atoms with van der Waals surface area (Å²) in [4.78, 5) is 2.58. The molecule has 0 spiro atoms. The van der Waals surface area contributed by atoms with Crippen LogP contribution in [0.3, 0.4) is 0 Å². The molecular formula is C20H32ClNO2S. The highest BCUT2D eigenvalue weighted by atomic mass is 35.5. The van der Waals surface area contributed by atoms with Gasteiger partial charge in [-0.15, -0.1) is 0 Å². The Morgan fingerprint density at radius 1 is 1.20 bits per heavy atom. The van der Waals surface area contributed by atoms with Crippen LogP contribution in [0.1, 0.15) is 38.2 Å². The molecular weight excluding hydrogens is 354 g/mol. The van der Waals surface area contributed by atoms with Crippen LogP contribution >= 0.6 is 23.4 Å². The Bertz CT molecular complexity index is 471. The third-order valence-corrected chi connectivity index (χ3v) is 6.38. The normalized spacial score (nSPS) is 21.6. The molecule has 1 fully saturated rings. The van der Waals surface area contributed by atoms with Crippen LogP contribution in [0.15, 0.2) is 24.3 Å². The summed E-state index contributed by atoms with van der Waals surface area (Å²) in [6, 6.07) is 8.19. The first kappa shape index (κ1) is 21.0. The number of unbranched alkanes of at least 4 members (excludes halogenated alkanes) is 2. The smallest absolute Gasteiger partial charge is 0.0822 e. The number of methoxy groups -OCH3 is 1. The van der Waals surface area contributed by atoms with Crippen molar-refractivity contribution >= 4 is 23.4 Å². The molecule has 3 nitrogen and oxygen atoms in total. The minimum atomic E-state index is 0.294. The fraction of sp³-hybridized carbons (Fsp3) is 0.700. The largest absolute Gasteiger partial charge is 0.382 e. The van der Waals surface area contributed by atoms with Crippen LogP contribution in [0.4, 0.5) is 0 Å². The van der Waals surface area contributed by atoms with Crippen LogP contribution < -0.4 is 0 Å². The number of rotatable bonds is 11. The number of hydrogen-bond donors (Lipinski definition) is 0. The van der Waals surface area contributed by atoms with E-state index in [2.05, 4.69) is 24.0 Å². The fourth-order valence-electron chi connectivity index (χ4n) is 3.16. The van der Waals surface area contributed by atoms with Gasteiger partial charge in [0, 0.05) is 29.7 Å². The van der Waals surface area contributed by atoms with Crippen molar-refractivity contribution in [1.29, 1.82) is 0 Å². The van der Waals surface area contributed by atoms with E-state index in [4.69, 9.17) is 21.1 Å². The molecule has 142 valence electrons. The predicted octanol–water partition coefficient (Wildman–Crippen LogP) is 4.87. The van der Waals surface area contributed by atoms with Gasteiger partial charge in [-0.05, 0) is 43.6 Å². The Morgan fingerprint density at radius 2 is 2.00 bits per heavy atom. The molecule has 0 amide bonds. The Kier molecular flexibility index (Phi) is 10.3. The van der Waals surface area contributed by atoms with Crippen LogP contribution in [-0.2, 0) is 15.2 Å². The van der Waals surface area contributed by atoms with E-state index in [1.165, 1.54) is 44.3 Å². The molecule has 2 rings (SSSR count). The van der Waals surface area contributed by atoms with Crippen molar-refractivity contribution in [3.63, 3.8) is 0 Å². The molecule has 1 heterocycles. The van der Waals surface area contributed by atoms with Crippen LogP contribution in [0.25, 0.3) is 0 Å². The zero-order chi connectivity index (χ0) is 17.9. The summed E-state index contributed by atoms with van der Waals surface area (Å²) in [5.41, 5.74) is 1.33. The number of thioether (sulfide) groups is 1. The summed E-state index contributed by atoms with van der Waals surface area (Å²) in [7, 11) is 1.73. The zero-order valence-electron chi connectivity index (χ0n) is 15.6. The van der Waals surface area contributed by atoms with Gasteiger partial charge in [-0.3, -0.25) is 0 Å². The first-order valence-electron chi connectivity index (χ1n) is 9.42. The van der Waals surface area contributed by atoms with Crippen molar-refractivity contribution in [1.82, 2.24) is 4.90 Å². The van der Waals surface area contributed by atoms with E-state index < -0.39 is 0 Å². The van der Waals surface area contributed by atoms with Crippen LogP contribution in [0.2, 0.25) is 5.02 Å². The number of piperidine rings is 1. The van der Waals surface area contributed by atoms with Gasteiger partial charge in [-0.1, -0.05) is 43.5 Å². The van der Waals surface area contributed by atoms with Crippen LogP contribution in [-0.4, -0.2) is 56.2 Å². The molecule has 0 N–H and O–H groups in total. The summed E-state index contributed by atoms with van der Waals surface area (Å²) < 4.78 is 11.3. The van der Waals surface area contributed by atoms with Crippen LogP contribution in [0, 0.1) is 0 Å². The van der Waals surface area contributed by atoms with Gasteiger partial charge in [0.25, 0.3) is 0 Å². The van der Waals surface area contributed by atoms with Gasteiger partial charge in [0.05, 0.1) is 19.3 Å². The van der Waals surface area contributed by atoms with Gasteiger partial charge in [0.1, 0.15) is 0 Å². The Morgan fingerprint density at radius 3 is 2.72 bits per heavy atom. The lowest BCUT2D eigenvalue weighted by Gasteiger charge is -2.38. The lowest BCUT2D eigenvalue weighted by Crippen LogP contribution is -2.47. The van der Waals surface area contributed by atoms with Gasteiger partial charge < -0.3 is 14.4 Å². The molecule has 5 heteroatoms. The van der Waals surface area contributed by atoms with Gasteiger partial charge in [0.15, 0.2) is 0 Å². The zero-order valence-corrected chi connectivity index (χ0v) is 17.2. The lowest BCUT2D eigenvalue weighted by molar-refractivity contribution is -0.0172. The highest BCUT2D eigenvalue weighted by Gasteiger charge is 2.30. The highest BCUT2D eigenvalue weighted by molar-refractivity contribution is 7.99. The standard InChI is InChI=1S/C20H32ClNO2S/c1-3-4-5-11-22-12-10-20(19(15-22)24-14-13-23-2)25-16-17-6-8-18(21)9-7-17/h6-9,19-20H,3-5,10-16H2,1-2H3/t19-,20-/m1/s1. The van der Waals surface area contributed by atoms with Crippen LogP contribution in [0.5, 0.6) is 0 Å². The second-order valence-electron chi connectivity index (χ2n) is 6.67. The number of halogens is 1. The van der Waals surface area contributed by atoms with Crippen molar-refractivity contribution in [2.75, 3.05) is 40.0 Å². The summed E-state index contributed by atoms with van der Waals surface area (Å²) in [6.45, 7) is 7.05. The summed E-state index contributed by atoms with van der Waals surface area (Å²) in [6.07, 6.45) is 5.39. The number of likely N-dealkylation sites (tertiary alicyclic amines) is 1. The third-order valence-electron chi connectivity index (χ3n) is 4.66. The molecule has 0 aromatic heterocycles. The Balaban J connectivity index is 1.84. The first-order chi connectivity index (χ1) is 12.2. The highest BCUT2D eigenvalue weighted by Crippen LogP contribution is 2.29. The maximum atomic E-state index is 6.17. The molecule has 2 atom stereocenters. The summed E-state index contributed by atoms with van der Waals surface area (Å²) in [5.74, 6) is 1.02. The molecule has 0 aliphatic carbocycles. The third kappa shape index (κ3) is 7.88. The maximum absolute atomic E-state index is 6.17. The minimum Gasteiger partial charge on any atom is -0.382 e. The predicted molar refractivity (Wildman–Crippen MR) is 109 cm³/mol. The van der Waals surface area contributed by atoms with Gasteiger partial charge >= 0.3 is 0 Å². The molecule has 0 radical (unpaired) electrons. The number of nitrogens with zero attached hydrogens (tertiary/aromatic N) is 1. The maximum Gasteiger partial charge on any atom is 0.0822 e. The van der Waals surface area contributed by atoms with Crippen molar-refractivity contribution in [3.8, 4) is 0 Å². The Hall–Kier alpha value is -0.260. The molecule has 1 aromatic rings. The topological polar surface area (TPSA) is 21.7 Å². The molecule has 0 saturated carbocycles. The number of ether oxygens (including phenoxy) is 2. The van der Waals surface area contributed by atoms with E-state index in [1.54, 1.807) is 7.11 Å². The molecule has 0 unspecified atom stereocenters. The second kappa shape index (κ2) is 12.2. The second-order valence-corrected chi connectivity index (χ2v) is 8.34. The molecule has 1 saturated heterocycles. The van der Waals surface area contributed by atoms with E-state index in [0.29, 0.717) is 24.6 Å². The van der Waals surface area contributed by atoms with Gasteiger partial charge in [0.2, 0.25) is 0 Å². The minimum absolute atomic E-state index is 0.294. The van der Waals surface area contributed by atoms with E-state index in [9.17, 15) is 0 Å². The number of benzene rings is 1. The quantitative estimate of drug-likeness (QED) is 0.506. The molecule has 0 bridgehead atoms. The summed E-state index contributed by atoms with van der Waals surface area (Å²) >= 11 is 8.00. The SMILES string of the molecule is CCCCCN1CC[C@@H](SCc2ccc(Cl)cc2)[C@H](OCCOC)C1.